The minimum atomic E-state index is -0.162. The first kappa shape index (κ1) is 21.1. The van der Waals surface area contributed by atoms with E-state index in [1.54, 1.807) is 22.3 Å². The Bertz CT molecular complexity index is 847. The molecule has 0 saturated heterocycles. The third-order valence-electron chi connectivity index (χ3n) is 5.05. The molecule has 0 aliphatic carbocycles. The van der Waals surface area contributed by atoms with Gasteiger partial charge in [0.05, 0.1) is 6.04 Å². The summed E-state index contributed by atoms with van der Waals surface area (Å²) in [6.07, 6.45) is 2.50. The highest BCUT2D eigenvalue weighted by molar-refractivity contribution is 7.10. The quantitative estimate of drug-likeness (QED) is 0.618. The number of nitrogens with zero attached hydrogens (tertiary/aromatic N) is 2. The van der Waals surface area contributed by atoms with Crippen molar-refractivity contribution < 1.29 is 14.3 Å². The molecule has 1 aliphatic rings. The molecule has 0 N–H and O–H groups in total. The Hall–Kier alpha value is -2.60. The van der Waals surface area contributed by atoms with Crippen molar-refractivity contribution >= 4 is 23.2 Å². The molecule has 2 aromatic rings. The lowest BCUT2D eigenvalue weighted by molar-refractivity contribution is -0.143. The maximum Gasteiger partial charge on any atom is 0.242 e. The van der Waals surface area contributed by atoms with E-state index in [0.29, 0.717) is 19.7 Å². The summed E-state index contributed by atoms with van der Waals surface area (Å²) in [6.45, 7) is 8.86. The second-order valence-corrected chi connectivity index (χ2v) is 8.44. The number of rotatable bonds is 8. The Kier molecular flexibility index (Phi) is 7.09. The van der Waals surface area contributed by atoms with Crippen LogP contribution in [-0.2, 0) is 16.0 Å². The van der Waals surface area contributed by atoms with Crippen LogP contribution in [0.15, 0.2) is 54.4 Å². The summed E-state index contributed by atoms with van der Waals surface area (Å²) in [7, 11) is 0. The van der Waals surface area contributed by atoms with Gasteiger partial charge in [0.15, 0.2) is 0 Å². The Balaban J connectivity index is 1.77. The van der Waals surface area contributed by atoms with Gasteiger partial charge in [-0.05, 0) is 35.6 Å². The highest BCUT2D eigenvalue weighted by Crippen LogP contribution is 2.34. The molecule has 1 unspecified atom stereocenters. The largest absolute Gasteiger partial charge is 0.491 e. The first-order valence-corrected chi connectivity index (χ1v) is 10.8. The van der Waals surface area contributed by atoms with Gasteiger partial charge < -0.3 is 14.5 Å². The maximum atomic E-state index is 13.2. The zero-order valence-corrected chi connectivity index (χ0v) is 17.9. The minimum Gasteiger partial charge on any atom is -0.491 e. The van der Waals surface area contributed by atoms with Gasteiger partial charge in [-0.25, -0.2) is 0 Å². The molecule has 2 amide bonds. The van der Waals surface area contributed by atoms with Crippen LogP contribution in [0.4, 0.5) is 0 Å². The van der Waals surface area contributed by atoms with Crippen LogP contribution in [0.2, 0.25) is 0 Å². The Morgan fingerprint density at radius 1 is 1.31 bits per heavy atom. The van der Waals surface area contributed by atoms with Crippen LogP contribution in [0.5, 0.6) is 5.75 Å². The van der Waals surface area contributed by atoms with Crippen molar-refractivity contribution in [3.63, 3.8) is 0 Å². The van der Waals surface area contributed by atoms with Crippen molar-refractivity contribution in [3.05, 3.63) is 64.9 Å². The molecule has 29 heavy (non-hydrogen) atoms. The lowest BCUT2D eigenvalue weighted by atomic mass is 10.0. The summed E-state index contributed by atoms with van der Waals surface area (Å²) in [4.78, 5) is 30.4. The molecular weight excluding hydrogens is 384 g/mol. The van der Waals surface area contributed by atoms with E-state index in [9.17, 15) is 9.59 Å². The normalized spacial score (nSPS) is 15.7. The lowest BCUT2D eigenvalue weighted by Gasteiger charge is -2.37. The van der Waals surface area contributed by atoms with E-state index in [-0.39, 0.29) is 30.3 Å². The Labute approximate surface area is 176 Å². The standard InChI is InChI=1S/C23H28N2O3S/c1-4-12-24(23(27)17(2)3)15-22(26)25-13-10-21-19(11-14-29-21)20(25)16-28-18-8-6-5-7-9-18/h4-9,11,14,17,20H,1,10,12-13,15-16H2,2-3H3. The van der Waals surface area contributed by atoms with Crippen LogP contribution in [-0.4, -0.2) is 47.9 Å². The number of hydrogen-bond donors (Lipinski definition) is 0. The molecule has 154 valence electrons. The average molecular weight is 413 g/mol. The first-order valence-electron chi connectivity index (χ1n) is 9.94. The molecule has 0 fully saturated rings. The van der Waals surface area contributed by atoms with Crippen LogP contribution in [0.1, 0.15) is 30.3 Å². The maximum absolute atomic E-state index is 13.2. The number of carbonyl (C=O) groups is 2. The van der Waals surface area contributed by atoms with Gasteiger partial charge >= 0.3 is 0 Å². The van der Waals surface area contributed by atoms with Gasteiger partial charge in [0, 0.05) is 23.9 Å². The van der Waals surface area contributed by atoms with E-state index in [1.807, 2.05) is 49.1 Å². The van der Waals surface area contributed by atoms with Crippen molar-refractivity contribution in [2.24, 2.45) is 5.92 Å². The number of para-hydroxylation sites is 1. The summed E-state index contributed by atoms with van der Waals surface area (Å²) in [5.74, 6) is 0.526. The molecule has 1 aliphatic heterocycles. The number of ether oxygens (including phenoxy) is 1. The fraction of sp³-hybridized carbons (Fsp3) is 0.391. The summed E-state index contributed by atoms with van der Waals surface area (Å²) in [5.41, 5.74) is 1.15. The van der Waals surface area contributed by atoms with Crippen LogP contribution < -0.4 is 4.74 Å². The number of amides is 2. The second kappa shape index (κ2) is 9.74. The monoisotopic (exact) mass is 412 g/mol. The molecular formula is C23H28N2O3S. The van der Waals surface area contributed by atoms with Crippen molar-refractivity contribution in [2.45, 2.75) is 26.3 Å². The second-order valence-electron chi connectivity index (χ2n) is 7.44. The van der Waals surface area contributed by atoms with Gasteiger partial charge in [-0.1, -0.05) is 38.1 Å². The summed E-state index contributed by atoms with van der Waals surface area (Å²) in [5, 5.41) is 2.07. The Morgan fingerprint density at radius 3 is 2.76 bits per heavy atom. The zero-order valence-electron chi connectivity index (χ0n) is 17.0. The molecule has 1 atom stereocenters. The van der Waals surface area contributed by atoms with Gasteiger partial charge in [-0.2, -0.15) is 0 Å². The van der Waals surface area contributed by atoms with Crippen molar-refractivity contribution in [1.29, 1.82) is 0 Å². The predicted octanol–water partition coefficient (Wildman–Crippen LogP) is 3.92. The predicted molar refractivity (Wildman–Crippen MR) is 116 cm³/mol. The molecule has 2 heterocycles. The molecule has 0 radical (unpaired) electrons. The highest BCUT2D eigenvalue weighted by Gasteiger charge is 2.33. The average Bonchev–Trinajstić information content (AvgIpc) is 3.20. The summed E-state index contributed by atoms with van der Waals surface area (Å²) < 4.78 is 6.00. The number of fused-ring (bicyclic) bond motifs is 1. The van der Waals surface area contributed by atoms with Gasteiger partial charge in [0.2, 0.25) is 11.8 Å². The fourth-order valence-electron chi connectivity index (χ4n) is 3.57. The SMILES string of the molecule is C=CCN(CC(=O)N1CCc2sccc2C1COc1ccccc1)C(=O)C(C)C. The molecule has 1 aromatic carbocycles. The third-order valence-corrected chi connectivity index (χ3v) is 6.04. The van der Waals surface area contributed by atoms with E-state index in [4.69, 9.17) is 4.74 Å². The molecule has 6 heteroatoms. The third kappa shape index (κ3) is 5.07. The first-order chi connectivity index (χ1) is 14.0. The fourth-order valence-corrected chi connectivity index (χ4v) is 4.50. The molecule has 0 spiro atoms. The molecule has 3 rings (SSSR count). The zero-order chi connectivity index (χ0) is 20.8. The number of benzene rings is 1. The highest BCUT2D eigenvalue weighted by atomic mass is 32.1. The van der Waals surface area contributed by atoms with Crippen LogP contribution in [0, 0.1) is 5.92 Å². The molecule has 0 saturated carbocycles. The summed E-state index contributed by atoms with van der Waals surface area (Å²) in [6, 6.07) is 11.6. The van der Waals surface area contributed by atoms with Crippen LogP contribution in [0.3, 0.4) is 0 Å². The van der Waals surface area contributed by atoms with Gasteiger partial charge in [0.1, 0.15) is 18.9 Å². The van der Waals surface area contributed by atoms with E-state index >= 15 is 0 Å². The molecule has 1 aromatic heterocycles. The van der Waals surface area contributed by atoms with Gasteiger partial charge in [-0.15, -0.1) is 17.9 Å². The van der Waals surface area contributed by atoms with Crippen LogP contribution in [0.25, 0.3) is 0 Å². The molecule has 5 nitrogen and oxygen atoms in total. The topological polar surface area (TPSA) is 49.9 Å². The number of carbonyl (C=O) groups excluding carboxylic acids is 2. The van der Waals surface area contributed by atoms with E-state index < -0.39 is 0 Å². The minimum absolute atomic E-state index is 0.0384. The van der Waals surface area contributed by atoms with Gasteiger partial charge in [-0.3, -0.25) is 9.59 Å². The summed E-state index contributed by atoms with van der Waals surface area (Å²) >= 11 is 1.72. The number of thiophene rings is 1. The van der Waals surface area contributed by atoms with Crippen molar-refractivity contribution in [2.75, 3.05) is 26.2 Å². The van der Waals surface area contributed by atoms with E-state index in [2.05, 4.69) is 18.0 Å². The molecule has 0 bridgehead atoms. The van der Waals surface area contributed by atoms with Gasteiger partial charge in [0.25, 0.3) is 0 Å². The number of hydrogen-bond acceptors (Lipinski definition) is 4. The van der Waals surface area contributed by atoms with E-state index in [1.165, 1.54) is 4.88 Å². The van der Waals surface area contributed by atoms with Crippen LogP contribution >= 0.6 is 11.3 Å². The van der Waals surface area contributed by atoms with Crippen molar-refractivity contribution in [1.82, 2.24) is 9.80 Å². The smallest absolute Gasteiger partial charge is 0.242 e. The van der Waals surface area contributed by atoms with E-state index in [0.717, 1.165) is 17.7 Å². The lowest BCUT2D eigenvalue weighted by Crippen LogP contribution is -2.48. The van der Waals surface area contributed by atoms with Crippen molar-refractivity contribution in [3.8, 4) is 5.75 Å². The Morgan fingerprint density at radius 2 is 2.07 bits per heavy atom.